The topological polar surface area (TPSA) is 46.5 Å². The van der Waals surface area contributed by atoms with Gasteiger partial charge in [0.2, 0.25) is 0 Å². The van der Waals surface area contributed by atoms with Crippen molar-refractivity contribution in [2.24, 2.45) is 17.3 Å². The molecule has 5 atom stereocenters. The number of ketones is 1. The van der Waals surface area contributed by atoms with E-state index < -0.39 is 17.1 Å². The van der Waals surface area contributed by atoms with Gasteiger partial charge in [0.1, 0.15) is 5.78 Å². The second-order valence-electron chi connectivity index (χ2n) is 6.59. The zero-order chi connectivity index (χ0) is 13.8. The predicted molar refractivity (Wildman–Crippen MR) is 72.6 cm³/mol. The number of fused-ring (bicyclic) bond motifs is 3. The third-order valence-electron chi connectivity index (χ3n) is 5.39. The summed E-state index contributed by atoms with van der Waals surface area (Å²) < 4.78 is 5.92. The Morgan fingerprint density at radius 1 is 1.42 bits per heavy atom. The molecule has 1 N–H and O–H groups in total. The van der Waals surface area contributed by atoms with Gasteiger partial charge in [0.15, 0.2) is 0 Å². The van der Waals surface area contributed by atoms with Crippen LogP contribution in [0.2, 0.25) is 0 Å². The Kier molecular flexibility index (Phi) is 2.77. The molecule has 0 spiro atoms. The van der Waals surface area contributed by atoms with Crippen LogP contribution < -0.4 is 0 Å². The molecule has 0 saturated carbocycles. The monoisotopic (exact) mass is 262 g/mol. The molecule has 0 radical (unpaired) electrons. The SMILES string of the molecule is CC1C=C2C=CC3(C)OCCC(=O)C3(C)C2C(O)C1. The second-order valence-corrected chi connectivity index (χ2v) is 6.59. The standard InChI is InChI=1S/C16H22O3/c1-10-8-11-4-6-15(2)16(3,13(18)5-7-19-15)14(11)12(17)9-10/h4,6,8,10,12,14,17H,5,7,9H2,1-3H3. The first kappa shape index (κ1) is 13.1. The maximum absolute atomic E-state index is 12.6. The summed E-state index contributed by atoms with van der Waals surface area (Å²) in [5.74, 6) is 0.445. The number of Topliss-reactive ketones (excluding diaryl/α,β-unsaturated/α-hetero) is 1. The fourth-order valence-corrected chi connectivity index (χ4v) is 4.12. The summed E-state index contributed by atoms with van der Waals surface area (Å²) in [5, 5.41) is 10.5. The van der Waals surface area contributed by atoms with E-state index in [2.05, 4.69) is 13.0 Å². The molecule has 1 fully saturated rings. The predicted octanol–water partition coefficient (Wildman–Crippen LogP) is 2.25. The van der Waals surface area contributed by atoms with Gasteiger partial charge in [0, 0.05) is 12.3 Å². The molecule has 3 nitrogen and oxygen atoms in total. The maximum Gasteiger partial charge on any atom is 0.144 e. The van der Waals surface area contributed by atoms with Gasteiger partial charge in [-0.3, -0.25) is 4.79 Å². The van der Waals surface area contributed by atoms with E-state index >= 15 is 0 Å². The lowest BCUT2D eigenvalue weighted by molar-refractivity contribution is -0.178. The van der Waals surface area contributed by atoms with Crippen molar-refractivity contribution in [1.29, 1.82) is 0 Å². The normalized spacial score (nSPS) is 49.4. The third-order valence-corrected chi connectivity index (χ3v) is 5.39. The molecule has 3 rings (SSSR count). The first-order valence-electron chi connectivity index (χ1n) is 7.15. The number of hydrogen-bond acceptors (Lipinski definition) is 3. The first-order valence-corrected chi connectivity index (χ1v) is 7.15. The van der Waals surface area contributed by atoms with Gasteiger partial charge in [-0.05, 0) is 31.8 Å². The Morgan fingerprint density at radius 3 is 2.89 bits per heavy atom. The Bertz CT molecular complexity index is 478. The highest BCUT2D eigenvalue weighted by Crippen LogP contribution is 2.55. The average molecular weight is 262 g/mol. The van der Waals surface area contributed by atoms with E-state index in [9.17, 15) is 9.90 Å². The zero-order valence-corrected chi connectivity index (χ0v) is 11.8. The molecule has 1 aliphatic heterocycles. The summed E-state index contributed by atoms with van der Waals surface area (Å²) in [5.41, 5.74) is -0.137. The summed E-state index contributed by atoms with van der Waals surface area (Å²) in [6, 6.07) is 0. The molecule has 0 aromatic rings. The van der Waals surface area contributed by atoms with E-state index in [0.717, 1.165) is 12.0 Å². The summed E-state index contributed by atoms with van der Waals surface area (Å²) in [7, 11) is 0. The first-order chi connectivity index (χ1) is 8.88. The summed E-state index contributed by atoms with van der Waals surface area (Å²) in [6.07, 6.45) is 6.96. The molecule has 1 saturated heterocycles. The van der Waals surface area contributed by atoms with Gasteiger partial charge in [-0.15, -0.1) is 0 Å². The van der Waals surface area contributed by atoms with Crippen LogP contribution in [0.4, 0.5) is 0 Å². The Hall–Kier alpha value is -0.930. The molecule has 1 heterocycles. The largest absolute Gasteiger partial charge is 0.392 e. The minimum Gasteiger partial charge on any atom is -0.392 e. The summed E-state index contributed by atoms with van der Waals surface area (Å²) >= 11 is 0. The molecule has 5 unspecified atom stereocenters. The highest BCUT2D eigenvalue weighted by atomic mass is 16.5. The van der Waals surface area contributed by atoms with Gasteiger partial charge < -0.3 is 9.84 Å². The van der Waals surface area contributed by atoms with Crippen LogP contribution in [0.15, 0.2) is 23.8 Å². The van der Waals surface area contributed by atoms with E-state index in [1.807, 2.05) is 26.0 Å². The number of aliphatic hydroxyl groups excluding tert-OH is 1. The molecular weight excluding hydrogens is 240 g/mol. The van der Waals surface area contributed by atoms with Gasteiger partial charge in [-0.25, -0.2) is 0 Å². The number of allylic oxidation sites excluding steroid dienone is 2. The average Bonchev–Trinajstić information content (AvgIpc) is 2.32. The second kappa shape index (κ2) is 4.03. The molecule has 0 bridgehead atoms. The van der Waals surface area contributed by atoms with Crippen molar-refractivity contribution in [1.82, 2.24) is 0 Å². The number of aliphatic hydroxyl groups is 1. The van der Waals surface area contributed by atoms with E-state index in [1.165, 1.54) is 0 Å². The number of carbonyl (C=O) groups is 1. The zero-order valence-electron chi connectivity index (χ0n) is 11.8. The third kappa shape index (κ3) is 1.61. The van der Waals surface area contributed by atoms with Gasteiger partial charge in [-0.2, -0.15) is 0 Å². The Labute approximate surface area is 114 Å². The van der Waals surface area contributed by atoms with E-state index in [4.69, 9.17) is 4.74 Å². The highest BCUT2D eigenvalue weighted by molar-refractivity contribution is 5.88. The quantitative estimate of drug-likeness (QED) is 0.728. The molecular formula is C16H22O3. The number of carbonyl (C=O) groups excluding carboxylic acids is 1. The van der Waals surface area contributed by atoms with Crippen LogP contribution >= 0.6 is 0 Å². The van der Waals surface area contributed by atoms with Crippen molar-refractivity contribution in [3.63, 3.8) is 0 Å². The van der Waals surface area contributed by atoms with Gasteiger partial charge in [-0.1, -0.05) is 25.2 Å². The molecule has 3 heteroatoms. The lowest BCUT2D eigenvalue weighted by atomic mass is 9.53. The summed E-state index contributed by atoms with van der Waals surface area (Å²) in [6.45, 7) is 6.53. The van der Waals surface area contributed by atoms with E-state index in [0.29, 0.717) is 18.9 Å². The lowest BCUT2D eigenvalue weighted by Crippen LogP contribution is -2.62. The molecule has 2 aliphatic carbocycles. The van der Waals surface area contributed by atoms with E-state index in [-0.39, 0.29) is 11.7 Å². The molecule has 104 valence electrons. The van der Waals surface area contributed by atoms with Gasteiger partial charge >= 0.3 is 0 Å². The lowest BCUT2D eigenvalue weighted by Gasteiger charge is -2.55. The van der Waals surface area contributed by atoms with Crippen LogP contribution in [0.5, 0.6) is 0 Å². The van der Waals surface area contributed by atoms with Crippen LogP contribution in [-0.2, 0) is 9.53 Å². The molecule has 0 aromatic carbocycles. The number of rotatable bonds is 0. The van der Waals surface area contributed by atoms with Crippen molar-refractivity contribution < 1.29 is 14.6 Å². The van der Waals surface area contributed by atoms with Crippen molar-refractivity contribution >= 4 is 5.78 Å². The summed E-state index contributed by atoms with van der Waals surface area (Å²) in [4.78, 5) is 12.6. The van der Waals surface area contributed by atoms with Crippen LogP contribution in [0, 0.1) is 17.3 Å². The molecule has 0 aromatic heterocycles. The fraction of sp³-hybridized carbons (Fsp3) is 0.688. The van der Waals surface area contributed by atoms with Crippen molar-refractivity contribution in [3.8, 4) is 0 Å². The number of hydrogen-bond donors (Lipinski definition) is 1. The minimum absolute atomic E-state index is 0.133. The van der Waals surface area contributed by atoms with Crippen LogP contribution in [0.3, 0.4) is 0 Å². The highest BCUT2D eigenvalue weighted by Gasteiger charge is 2.60. The fourth-order valence-electron chi connectivity index (χ4n) is 4.12. The Morgan fingerprint density at radius 2 is 2.16 bits per heavy atom. The maximum atomic E-state index is 12.6. The van der Waals surface area contributed by atoms with Gasteiger partial charge in [0.05, 0.1) is 23.7 Å². The van der Waals surface area contributed by atoms with Crippen LogP contribution in [0.25, 0.3) is 0 Å². The number of ether oxygens (including phenoxy) is 1. The van der Waals surface area contributed by atoms with E-state index in [1.54, 1.807) is 0 Å². The molecule has 3 aliphatic rings. The van der Waals surface area contributed by atoms with Crippen molar-refractivity contribution in [2.45, 2.75) is 45.3 Å². The smallest absolute Gasteiger partial charge is 0.144 e. The molecule has 0 amide bonds. The minimum atomic E-state index is -0.647. The van der Waals surface area contributed by atoms with Gasteiger partial charge in [0.25, 0.3) is 0 Å². The van der Waals surface area contributed by atoms with Crippen LogP contribution in [-0.4, -0.2) is 29.2 Å². The Balaban J connectivity index is 2.16. The van der Waals surface area contributed by atoms with Crippen molar-refractivity contribution in [2.75, 3.05) is 6.61 Å². The van der Waals surface area contributed by atoms with Crippen LogP contribution in [0.1, 0.15) is 33.6 Å². The molecule has 19 heavy (non-hydrogen) atoms. The van der Waals surface area contributed by atoms with Crippen molar-refractivity contribution in [3.05, 3.63) is 23.8 Å².